The van der Waals surface area contributed by atoms with E-state index in [4.69, 9.17) is 4.74 Å². The van der Waals surface area contributed by atoms with Gasteiger partial charge in [-0.05, 0) is 37.0 Å². The van der Waals surface area contributed by atoms with E-state index in [0.29, 0.717) is 6.10 Å². The van der Waals surface area contributed by atoms with Gasteiger partial charge in [-0.3, -0.25) is 4.90 Å². The summed E-state index contributed by atoms with van der Waals surface area (Å²) >= 11 is 0. The minimum atomic E-state index is 0.571. The third-order valence-electron chi connectivity index (χ3n) is 4.41. The second-order valence-electron chi connectivity index (χ2n) is 5.60. The lowest BCUT2D eigenvalue weighted by molar-refractivity contribution is 0.0756. The molecule has 0 aromatic rings. The van der Waals surface area contributed by atoms with Crippen molar-refractivity contribution in [2.24, 2.45) is 11.3 Å². The Labute approximate surface area is 86.6 Å². The third kappa shape index (κ3) is 1.59. The van der Waals surface area contributed by atoms with Gasteiger partial charge in [-0.1, -0.05) is 6.92 Å². The normalized spacial score (nSPS) is 40.1. The number of nitrogens with zero attached hydrogens (tertiary/aromatic N) is 1. The summed E-state index contributed by atoms with van der Waals surface area (Å²) < 4.78 is 5.73. The molecule has 3 aliphatic rings. The van der Waals surface area contributed by atoms with Crippen LogP contribution in [0.3, 0.4) is 0 Å². The first-order valence-corrected chi connectivity index (χ1v) is 6.14. The predicted molar refractivity (Wildman–Crippen MR) is 56.2 cm³/mol. The van der Waals surface area contributed by atoms with Gasteiger partial charge in [-0.25, -0.2) is 0 Å². The summed E-state index contributed by atoms with van der Waals surface area (Å²) in [6, 6.07) is 0. The minimum absolute atomic E-state index is 0.571. The van der Waals surface area contributed by atoms with E-state index in [0.717, 1.165) is 17.9 Å². The molecule has 2 heteroatoms. The van der Waals surface area contributed by atoms with Crippen LogP contribution in [0.5, 0.6) is 0 Å². The summed E-state index contributed by atoms with van der Waals surface area (Å²) in [4.78, 5) is 2.67. The molecule has 1 aliphatic carbocycles. The van der Waals surface area contributed by atoms with E-state index in [9.17, 15) is 0 Å². The van der Waals surface area contributed by atoms with Gasteiger partial charge in [0.05, 0.1) is 12.7 Å². The highest BCUT2D eigenvalue weighted by Crippen LogP contribution is 2.49. The first kappa shape index (κ1) is 9.17. The van der Waals surface area contributed by atoms with Crippen molar-refractivity contribution in [1.29, 1.82) is 0 Å². The van der Waals surface area contributed by atoms with Crippen LogP contribution in [-0.2, 0) is 4.74 Å². The molecule has 0 N–H and O–H groups in total. The van der Waals surface area contributed by atoms with Crippen LogP contribution in [-0.4, -0.2) is 37.2 Å². The molecule has 2 atom stereocenters. The molecule has 0 aromatic heterocycles. The van der Waals surface area contributed by atoms with E-state index < -0.39 is 0 Å². The zero-order chi connectivity index (χ0) is 9.60. The average molecular weight is 195 g/mol. The molecule has 0 aromatic carbocycles. The van der Waals surface area contributed by atoms with Crippen LogP contribution in [0, 0.1) is 11.3 Å². The monoisotopic (exact) mass is 195 g/mol. The standard InChI is InChI=1S/C12H21NO/c1-2-12(3-4-12)9-13-6-10-5-11(7-13)14-8-10/h10-11H,2-9H2,1H3. The topological polar surface area (TPSA) is 12.5 Å². The van der Waals surface area contributed by atoms with Gasteiger partial charge in [0.1, 0.15) is 0 Å². The fourth-order valence-corrected chi connectivity index (χ4v) is 3.17. The lowest BCUT2D eigenvalue weighted by atomic mass is 9.97. The van der Waals surface area contributed by atoms with Gasteiger partial charge >= 0.3 is 0 Å². The Kier molecular flexibility index (Phi) is 2.10. The predicted octanol–water partition coefficient (Wildman–Crippen LogP) is 1.90. The third-order valence-corrected chi connectivity index (χ3v) is 4.41. The molecule has 2 bridgehead atoms. The van der Waals surface area contributed by atoms with E-state index in [-0.39, 0.29) is 0 Å². The zero-order valence-corrected chi connectivity index (χ0v) is 9.17. The van der Waals surface area contributed by atoms with Crippen LogP contribution in [0.15, 0.2) is 0 Å². The van der Waals surface area contributed by atoms with Crippen LogP contribution in [0.25, 0.3) is 0 Å². The molecule has 0 spiro atoms. The van der Waals surface area contributed by atoms with Gasteiger partial charge in [-0.15, -0.1) is 0 Å². The smallest absolute Gasteiger partial charge is 0.0706 e. The van der Waals surface area contributed by atoms with Gasteiger partial charge in [0.2, 0.25) is 0 Å². The Morgan fingerprint density at radius 3 is 2.86 bits per heavy atom. The first-order chi connectivity index (χ1) is 6.80. The second-order valence-corrected chi connectivity index (χ2v) is 5.60. The molecule has 2 aliphatic heterocycles. The fourth-order valence-electron chi connectivity index (χ4n) is 3.17. The average Bonchev–Trinajstić information content (AvgIpc) is 2.88. The highest BCUT2D eigenvalue weighted by atomic mass is 16.5. The SMILES string of the molecule is CCC1(CN2CC3COC(C3)C2)CC1. The maximum Gasteiger partial charge on any atom is 0.0706 e. The van der Waals surface area contributed by atoms with Crippen molar-refractivity contribution in [2.75, 3.05) is 26.2 Å². The molecule has 80 valence electrons. The van der Waals surface area contributed by atoms with Gasteiger partial charge in [-0.2, -0.15) is 0 Å². The number of piperidine rings is 1. The molecule has 1 saturated carbocycles. The van der Waals surface area contributed by atoms with Crippen molar-refractivity contribution in [3.05, 3.63) is 0 Å². The van der Waals surface area contributed by atoms with Crippen molar-refractivity contribution in [2.45, 2.75) is 38.7 Å². The molecule has 2 nitrogen and oxygen atoms in total. The van der Waals surface area contributed by atoms with Crippen LogP contribution >= 0.6 is 0 Å². The Hall–Kier alpha value is -0.0800. The molecule has 2 heterocycles. The lowest BCUT2D eigenvalue weighted by Gasteiger charge is -2.33. The summed E-state index contributed by atoms with van der Waals surface area (Å²) in [5.74, 6) is 0.849. The second kappa shape index (κ2) is 3.21. The first-order valence-electron chi connectivity index (χ1n) is 6.14. The number of ether oxygens (including phenoxy) is 1. The largest absolute Gasteiger partial charge is 0.377 e. The summed E-state index contributed by atoms with van der Waals surface area (Å²) in [6.45, 7) is 7.23. The zero-order valence-electron chi connectivity index (χ0n) is 9.17. The summed E-state index contributed by atoms with van der Waals surface area (Å²) in [6.07, 6.45) is 6.21. The highest BCUT2D eigenvalue weighted by Gasteiger charge is 2.44. The number of rotatable bonds is 3. The van der Waals surface area contributed by atoms with Crippen molar-refractivity contribution in [3.8, 4) is 0 Å². The van der Waals surface area contributed by atoms with Gasteiger partial charge in [0, 0.05) is 19.6 Å². The van der Waals surface area contributed by atoms with Crippen molar-refractivity contribution in [3.63, 3.8) is 0 Å². The molecule has 0 amide bonds. The van der Waals surface area contributed by atoms with Crippen molar-refractivity contribution < 1.29 is 4.74 Å². The van der Waals surface area contributed by atoms with E-state index in [1.165, 1.54) is 45.3 Å². The number of likely N-dealkylation sites (tertiary alicyclic amines) is 1. The molecule has 3 rings (SSSR count). The Balaban J connectivity index is 1.59. The molecule has 2 saturated heterocycles. The molecule has 2 unspecified atom stereocenters. The minimum Gasteiger partial charge on any atom is -0.377 e. The number of hydrogen-bond acceptors (Lipinski definition) is 2. The highest BCUT2D eigenvalue weighted by molar-refractivity contribution is 4.96. The molecular formula is C12H21NO. The van der Waals surface area contributed by atoms with Gasteiger partial charge in [0.15, 0.2) is 0 Å². The molecule has 0 radical (unpaired) electrons. The maximum atomic E-state index is 5.73. The Morgan fingerprint density at radius 1 is 1.36 bits per heavy atom. The Morgan fingerprint density at radius 2 is 2.21 bits per heavy atom. The Bertz CT molecular complexity index is 212. The van der Waals surface area contributed by atoms with Crippen molar-refractivity contribution >= 4 is 0 Å². The van der Waals surface area contributed by atoms with E-state index >= 15 is 0 Å². The van der Waals surface area contributed by atoms with E-state index in [1.807, 2.05) is 0 Å². The summed E-state index contributed by atoms with van der Waals surface area (Å²) in [7, 11) is 0. The van der Waals surface area contributed by atoms with Crippen LogP contribution in [0.2, 0.25) is 0 Å². The van der Waals surface area contributed by atoms with Crippen LogP contribution in [0.1, 0.15) is 32.6 Å². The quantitative estimate of drug-likeness (QED) is 0.682. The van der Waals surface area contributed by atoms with Crippen LogP contribution < -0.4 is 0 Å². The van der Waals surface area contributed by atoms with Gasteiger partial charge < -0.3 is 4.74 Å². The molecule has 3 fully saturated rings. The van der Waals surface area contributed by atoms with Crippen LogP contribution in [0.4, 0.5) is 0 Å². The van der Waals surface area contributed by atoms with E-state index in [2.05, 4.69) is 11.8 Å². The summed E-state index contributed by atoms with van der Waals surface area (Å²) in [5, 5.41) is 0. The summed E-state index contributed by atoms with van der Waals surface area (Å²) in [5.41, 5.74) is 0.719. The van der Waals surface area contributed by atoms with E-state index in [1.54, 1.807) is 0 Å². The number of fused-ring (bicyclic) bond motifs is 2. The lowest BCUT2D eigenvalue weighted by Crippen LogP contribution is -2.42. The van der Waals surface area contributed by atoms with Crippen molar-refractivity contribution in [1.82, 2.24) is 4.90 Å². The number of hydrogen-bond donors (Lipinski definition) is 0. The maximum absolute atomic E-state index is 5.73. The van der Waals surface area contributed by atoms with Gasteiger partial charge in [0.25, 0.3) is 0 Å². The molecular weight excluding hydrogens is 174 g/mol. The molecule has 14 heavy (non-hydrogen) atoms. The fraction of sp³-hybridized carbons (Fsp3) is 1.00.